The molecule has 0 saturated heterocycles. The number of halogens is 1. The van der Waals surface area contributed by atoms with Crippen molar-refractivity contribution in [2.24, 2.45) is 5.73 Å². The summed E-state index contributed by atoms with van der Waals surface area (Å²) < 4.78 is 0. The molecule has 2 nitrogen and oxygen atoms in total. The van der Waals surface area contributed by atoms with Crippen molar-refractivity contribution in [1.82, 2.24) is 4.98 Å². The van der Waals surface area contributed by atoms with Gasteiger partial charge in [0.1, 0.15) is 0 Å². The smallest absolute Gasteiger partial charge is 0.0459 e. The molecule has 2 rings (SSSR count). The van der Waals surface area contributed by atoms with E-state index in [2.05, 4.69) is 43.1 Å². The first-order valence-corrected chi connectivity index (χ1v) is 6.06. The van der Waals surface area contributed by atoms with Gasteiger partial charge in [-0.15, -0.1) is 12.4 Å². The maximum absolute atomic E-state index is 6.27. The minimum Gasteiger partial charge on any atom is -0.358 e. The maximum atomic E-state index is 6.27. The van der Waals surface area contributed by atoms with Crippen LogP contribution in [-0.2, 0) is 0 Å². The molecule has 0 aliphatic rings. The van der Waals surface area contributed by atoms with E-state index in [-0.39, 0.29) is 18.4 Å². The quantitative estimate of drug-likeness (QED) is 0.846. The number of H-pyrrole nitrogens is 1. The van der Waals surface area contributed by atoms with Crippen molar-refractivity contribution in [2.75, 3.05) is 0 Å². The van der Waals surface area contributed by atoms with Crippen LogP contribution in [0.25, 0.3) is 10.9 Å². The van der Waals surface area contributed by atoms with Crippen molar-refractivity contribution in [1.29, 1.82) is 0 Å². The molecule has 0 amide bonds. The van der Waals surface area contributed by atoms with E-state index in [1.165, 1.54) is 35.0 Å². The van der Waals surface area contributed by atoms with Crippen LogP contribution in [-0.4, -0.2) is 4.98 Å². The molecule has 0 saturated carbocycles. The average molecular weight is 253 g/mol. The van der Waals surface area contributed by atoms with Crippen molar-refractivity contribution in [3.8, 4) is 0 Å². The van der Waals surface area contributed by atoms with Crippen LogP contribution in [0, 0.1) is 6.92 Å². The van der Waals surface area contributed by atoms with E-state index >= 15 is 0 Å². The summed E-state index contributed by atoms with van der Waals surface area (Å²) in [7, 11) is 0. The summed E-state index contributed by atoms with van der Waals surface area (Å²) in [5, 5.41) is 1.28. The summed E-state index contributed by atoms with van der Waals surface area (Å²) in [5.41, 5.74) is 9.98. The van der Waals surface area contributed by atoms with E-state index in [0.29, 0.717) is 0 Å². The molecule has 94 valence electrons. The number of para-hydroxylation sites is 1. The van der Waals surface area contributed by atoms with Crippen molar-refractivity contribution in [3.05, 3.63) is 35.5 Å². The van der Waals surface area contributed by atoms with E-state index in [1.54, 1.807) is 0 Å². The zero-order valence-corrected chi connectivity index (χ0v) is 11.3. The summed E-state index contributed by atoms with van der Waals surface area (Å²) in [6, 6.07) is 8.56. The second-order valence-corrected chi connectivity index (χ2v) is 4.46. The molecule has 0 bridgehead atoms. The maximum Gasteiger partial charge on any atom is 0.0459 e. The molecule has 17 heavy (non-hydrogen) atoms. The fourth-order valence-corrected chi connectivity index (χ4v) is 2.34. The predicted octanol–water partition coefficient (Wildman–Crippen LogP) is 4.09. The number of hydrogen-bond donors (Lipinski definition) is 2. The third kappa shape index (κ3) is 2.82. The largest absolute Gasteiger partial charge is 0.358 e. The number of aryl methyl sites for hydroxylation is 1. The molecule has 3 heteroatoms. The second kappa shape index (κ2) is 6.08. The van der Waals surface area contributed by atoms with Gasteiger partial charge in [-0.3, -0.25) is 0 Å². The van der Waals surface area contributed by atoms with Gasteiger partial charge in [0.2, 0.25) is 0 Å². The van der Waals surface area contributed by atoms with Crippen LogP contribution in [0.4, 0.5) is 0 Å². The van der Waals surface area contributed by atoms with Crippen LogP contribution >= 0.6 is 12.4 Å². The molecule has 0 aliphatic heterocycles. The van der Waals surface area contributed by atoms with Gasteiger partial charge in [-0.25, -0.2) is 0 Å². The van der Waals surface area contributed by atoms with Crippen LogP contribution < -0.4 is 5.73 Å². The third-order valence-corrected chi connectivity index (χ3v) is 3.18. The molecule has 1 aromatic heterocycles. The number of aromatic amines is 1. The molecule has 0 fully saturated rings. The van der Waals surface area contributed by atoms with E-state index in [9.17, 15) is 0 Å². The highest BCUT2D eigenvalue weighted by atomic mass is 35.5. The fourth-order valence-electron chi connectivity index (χ4n) is 2.34. The summed E-state index contributed by atoms with van der Waals surface area (Å²) in [6.45, 7) is 4.32. The lowest BCUT2D eigenvalue weighted by atomic mass is 9.99. The Morgan fingerprint density at radius 1 is 1.29 bits per heavy atom. The van der Waals surface area contributed by atoms with Crippen molar-refractivity contribution in [3.63, 3.8) is 0 Å². The number of rotatable bonds is 4. The Morgan fingerprint density at radius 2 is 2.00 bits per heavy atom. The fraction of sp³-hybridized carbons (Fsp3) is 0.429. The minimum absolute atomic E-state index is 0. The van der Waals surface area contributed by atoms with E-state index in [4.69, 9.17) is 5.73 Å². The number of benzene rings is 1. The van der Waals surface area contributed by atoms with Gasteiger partial charge in [0.05, 0.1) is 0 Å². The molecule has 2 aromatic rings. The molecule has 1 atom stereocenters. The molecule has 3 N–H and O–H groups in total. The Kier molecular flexibility index (Phi) is 5.03. The Hall–Kier alpha value is -0.990. The molecule has 1 heterocycles. The number of hydrogen-bond acceptors (Lipinski definition) is 1. The molecule has 1 aromatic carbocycles. The lowest BCUT2D eigenvalue weighted by Crippen LogP contribution is -2.10. The number of nitrogens with two attached hydrogens (primary N) is 1. The number of aromatic nitrogens is 1. The van der Waals surface area contributed by atoms with Gasteiger partial charge in [-0.05, 0) is 25.0 Å². The first-order valence-electron chi connectivity index (χ1n) is 6.06. The van der Waals surface area contributed by atoms with Crippen molar-refractivity contribution >= 4 is 23.3 Å². The Morgan fingerprint density at radius 3 is 2.71 bits per heavy atom. The zero-order chi connectivity index (χ0) is 11.5. The second-order valence-electron chi connectivity index (χ2n) is 4.46. The molecule has 0 spiro atoms. The van der Waals surface area contributed by atoms with E-state index in [1.807, 2.05) is 0 Å². The van der Waals surface area contributed by atoms with Crippen molar-refractivity contribution < 1.29 is 0 Å². The van der Waals surface area contributed by atoms with Gasteiger partial charge < -0.3 is 10.7 Å². The third-order valence-electron chi connectivity index (χ3n) is 3.18. The van der Waals surface area contributed by atoms with E-state index in [0.717, 1.165) is 6.42 Å². The van der Waals surface area contributed by atoms with Crippen molar-refractivity contribution in [2.45, 2.75) is 39.2 Å². The average Bonchev–Trinajstić information content (AvgIpc) is 2.62. The minimum atomic E-state index is 0. The SMILES string of the molecule is CCCC[C@H](N)c1c(C)[nH]c2ccccc12.Cl. The molecule has 0 unspecified atom stereocenters. The first kappa shape index (κ1) is 14.1. The normalized spacial score (nSPS) is 12.4. The van der Waals surface area contributed by atoms with E-state index < -0.39 is 0 Å². The summed E-state index contributed by atoms with van der Waals surface area (Å²) >= 11 is 0. The Bertz CT molecular complexity index is 476. The van der Waals surface area contributed by atoms with Gasteiger partial charge in [0, 0.05) is 22.6 Å². The molecular weight excluding hydrogens is 232 g/mol. The van der Waals surface area contributed by atoms with Crippen LogP contribution in [0.3, 0.4) is 0 Å². The lowest BCUT2D eigenvalue weighted by molar-refractivity contribution is 0.604. The monoisotopic (exact) mass is 252 g/mol. The molecular formula is C14H21ClN2. The van der Waals surface area contributed by atoms with Crippen LogP contribution in [0.2, 0.25) is 0 Å². The van der Waals surface area contributed by atoms with Crippen LogP contribution in [0.1, 0.15) is 43.5 Å². The summed E-state index contributed by atoms with van der Waals surface area (Å²) in [4.78, 5) is 3.40. The highest BCUT2D eigenvalue weighted by Gasteiger charge is 2.14. The van der Waals surface area contributed by atoms with Gasteiger partial charge in [-0.2, -0.15) is 0 Å². The standard InChI is InChI=1S/C14H20N2.ClH/c1-3-4-8-12(15)14-10(2)16-13-9-6-5-7-11(13)14;/h5-7,9,12,16H,3-4,8,15H2,1-2H3;1H/t12-;/m0./s1. The molecule has 0 radical (unpaired) electrons. The van der Waals surface area contributed by atoms with Gasteiger partial charge in [0.25, 0.3) is 0 Å². The van der Waals surface area contributed by atoms with Gasteiger partial charge >= 0.3 is 0 Å². The lowest BCUT2D eigenvalue weighted by Gasteiger charge is -2.11. The Labute approximate surface area is 109 Å². The highest BCUT2D eigenvalue weighted by Crippen LogP contribution is 2.28. The van der Waals surface area contributed by atoms with Crippen LogP contribution in [0.5, 0.6) is 0 Å². The molecule has 0 aliphatic carbocycles. The topological polar surface area (TPSA) is 41.8 Å². The number of nitrogens with one attached hydrogen (secondary N) is 1. The van der Waals surface area contributed by atoms with Crippen LogP contribution in [0.15, 0.2) is 24.3 Å². The Balaban J connectivity index is 0.00000144. The number of unbranched alkanes of at least 4 members (excludes halogenated alkanes) is 1. The number of fused-ring (bicyclic) bond motifs is 1. The van der Waals surface area contributed by atoms with Gasteiger partial charge in [0.15, 0.2) is 0 Å². The predicted molar refractivity (Wildman–Crippen MR) is 76.7 cm³/mol. The highest BCUT2D eigenvalue weighted by molar-refractivity contribution is 5.85. The first-order chi connectivity index (χ1) is 7.74. The zero-order valence-electron chi connectivity index (χ0n) is 10.5. The summed E-state index contributed by atoms with van der Waals surface area (Å²) in [5.74, 6) is 0. The van der Waals surface area contributed by atoms with Gasteiger partial charge in [-0.1, -0.05) is 38.0 Å². The summed E-state index contributed by atoms with van der Waals surface area (Å²) in [6.07, 6.45) is 3.47.